The van der Waals surface area contributed by atoms with Crippen molar-refractivity contribution in [1.82, 2.24) is 10.6 Å². The molecule has 0 aromatic carbocycles. The van der Waals surface area contributed by atoms with Crippen LogP contribution in [0.4, 0.5) is 0 Å². The summed E-state index contributed by atoms with van der Waals surface area (Å²) in [6.07, 6.45) is 2.74. The van der Waals surface area contributed by atoms with Gasteiger partial charge in [0.2, 0.25) is 0 Å². The molecule has 0 spiro atoms. The molecule has 2 aliphatic heterocycles. The van der Waals surface area contributed by atoms with Gasteiger partial charge in [0.15, 0.2) is 0 Å². The topological polar surface area (TPSA) is 24.1 Å². The van der Waals surface area contributed by atoms with Crippen molar-refractivity contribution in [2.24, 2.45) is 5.92 Å². The summed E-state index contributed by atoms with van der Waals surface area (Å²) in [5.41, 5.74) is 0. The molecule has 2 atom stereocenters. The van der Waals surface area contributed by atoms with Gasteiger partial charge in [-0.3, -0.25) is 0 Å². The Morgan fingerprint density at radius 3 is 3.00 bits per heavy atom. The largest absolute Gasteiger partial charge is 0.316 e. The molecule has 2 heterocycles. The first-order chi connectivity index (χ1) is 4.47. The zero-order valence-electron chi connectivity index (χ0n) is 5.69. The van der Waals surface area contributed by atoms with Gasteiger partial charge in [0, 0.05) is 19.1 Å². The van der Waals surface area contributed by atoms with Crippen LogP contribution in [0.2, 0.25) is 0 Å². The van der Waals surface area contributed by atoms with Crippen LogP contribution in [-0.2, 0) is 0 Å². The number of fused-ring (bicyclic) bond motifs is 1. The van der Waals surface area contributed by atoms with Gasteiger partial charge in [-0.25, -0.2) is 0 Å². The Hall–Kier alpha value is -0.0800. The summed E-state index contributed by atoms with van der Waals surface area (Å²) in [6, 6.07) is 0.861. The molecule has 2 saturated heterocycles. The molecule has 2 N–H and O–H groups in total. The number of nitrogens with one attached hydrogen (secondary N) is 2. The first kappa shape index (κ1) is 5.69. The van der Waals surface area contributed by atoms with Gasteiger partial charge in [0.1, 0.15) is 0 Å². The van der Waals surface area contributed by atoms with Crippen LogP contribution in [0, 0.1) is 5.92 Å². The highest BCUT2D eigenvalue weighted by molar-refractivity contribution is 4.90. The van der Waals surface area contributed by atoms with Gasteiger partial charge in [-0.05, 0) is 25.3 Å². The summed E-state index contributed by atoms with van der Waals surface area (Å²) >= 11 is 0. The maximum atomic E-state index is 3.45. The lowest BCUT2D eigenvalue weighted by atomic mass is 9.90. The predicted octanol–water partition coefficient (Wildman–Crippen LogP) is -0.0422. The van der Waals surface area contributed by atoms with E-state index in [9.17, 15) is 0 Å². The Balaban J connectivity index is 1.90. The van der Waals surface area contributed by atoms with E-state index in [2.05, 4.69) is 10.6 Å². The average Bonchev–Trinajstić information content (AvgIpc) is 1.94. The third-order valence-electron chi connectivity index (χ3n) is 2.49. The fraction of sp³-hybridized carbons (Fsp3) is 1.00. The number of hydrogen-bond donors (Lipinski definition) is 2. The lowest BCUT2D eigenvalue weighted by molar-refractivity contribution is 0.232. The summed E-state index contributed by atoms with van der Waals surface area (Å²) in [4.78, 5) is 0. The second-order valence-corrected chi connectivity index (χ2v) is 3.12. The van der Waals surface area contributed by atoms with Gasteiger partial charge >= 0.3 is 0 Å². The molecule has 9 heavy (non-hydrogen) atoms. The van der Waals surface area contributed by atoms with E-state index in [-0.39, 0.29) is 0 Å². The zero-order chi connectivity index (χ0) is 6.10. The van der Waals surface area contributed by atoms with Crippen molar-refractivity contribution in [2.75, 3.05) is 19.6 Å². The first-order valence-corrected chi connectivity index (χ1v) is 3.91. The second kappa shape index (κ2) is 2.27. The fourth-order valence-corrected chi connectivity index (χ4v) is 1.74. The van der Waals surface area contributed by atoms with Crippen molar-refractivity contribution in [3.05, 3.63) is 0 Å². The standard InChI is InChI=1S/C7H14N2/c1-2-7-6(5-9-7)4-8-3-1/h6-9H,1-5H2. The zero-order valence-corrected chi connectivity index (χ0v) is 5.69. The molecular weight excluding hydrogens is 112 g/mol. The highest BCUT2D eigenvalue weighted by atomic mass is 15.0. The van der Waals surface area contributed by atoms with Crippen molar-refractivity contribution < 1.29 is 0 Å². The Morgan fingerprint density at radius 2 is 2.22 bits per heavy atom. The molecule has 2 rings (SSSR count). The summed E-state index contributed by atoms with van der Waals surface area (Å²) in [5, 5.41) is 6.89. The molecular formula is C7H14N2. The summed E-state index contributed by atoms with van der Waals surface area (Å²) in [7, 11) is 0. The number of rotatable bonds is 0. The molecule has 2 fully saturated rings. The van der Waals surface area contributed by atoms with Gasteiger partial charge in [0.25, 0.3) is 0 Å². The van der Waals surface area contributed by atoms with E-state index in [1.54, 1.807) is 0 Å². The molecule has 0 amide bonds. The van der Waals surface area contributed by atoms with Crippen LogP contribution in [0.15, 0.2) is 0 Å². The minimum absolute atomic E-state index is 0.861. The van der Waals surface area contributed by atoms with Crippen LogP contribution < -0.4 is 10.6 Å². The molecule has 0 aliphatic carbocycles. The molecule has 2 nitrogen and oxygen atoms in total. The van der Waals surface area contributed by atoms with Crippen LogP contribution >= 0.6 is 0 Å². The lowest BCUT2D eigenvalue weighted by Crippen LogP contribution is -2.54. The maximum Gasteiger partial charge on any atom is 0.0120 e. The summed E-state index contributed by atoms with van der Waals surface area (Å²) in [5.74, 6) is 0.951. The average molecular weight is 126 g/mol. The van der Waals surface area contributed by atoms with E-state index in [1.807, 2.05) is 0 Å². The normalized spacial score (nSPS) is 42.7. The van der Waals surface area contributed by atoms with E-state index in [1.165, 1.54) is 32.5 Å². The highest BCUT2D eigenvalue weighted by Crippen LogP contribution is 2.18. The molecule has 2 heteroatoms. The van der Waals surface area contributed by atoms with Crippen LogP contribution in [-0.4, -0.2) is 25.7 Å². The van der Waals surface area contributed by atoms with Crippen LogP contribution in [0.1, 0.15) is 12.8 Å². The minimum Gasteiger partial charge on any atom is -0.316 e. The van der Waals surface area contributed by atoms with Gasteiger partial charge in [-0.2, -0.15) is 0 Å². The van der Waals surface area contributed by atoms with Gasteiger partial charge < -0.3 is 10.6 Å². The number of hydrogen-bond acceptors (Lipinski definition) is 2. The second-order valence-electron chi connectivity index (χ2n) is 3.12. The highest BCUT2D eigenvalue weighted by Gasteiger charge is 2.30. The van der Waals surface area contributed by atoms with Crippen molar-refractivity contribution in [1.29, 1.82) is 0 Å². The smallest absolute Gasteiger partial charge is 0.0120 e. The van der Waals surface area contributed by atoms with Crippen molar-refractivity contribution in [3.63, 3.8) is 0 Å². The molecule has 0 saturated carbocycles. The minimum atomic E-state index is 0.861. The molecule has 2 aliphatic rings. The monoisotopic (exact) mass is 126 g/mol. The van der Waals surface area contributed by atoms with Gasteiger partial charge in [-0.15, -0.1) is 0 Å². The van der Waals surface area contributed by atoms with E-state index >= 15 is 0 Å². The van der Waals surface area contributed by atoms with Crippen molar-refractivity contribution >= 4 is 0 Å². The first-order valence-electron chi connectivity index (χ1n) is 3.91. The Bertz CT molecular complexity index is 91.1. The summed E-state index contributed by atoms with van der Waals surface area (Å²) in [6.45, 7) is 3.73. The van der Waals surface area contributed by atoms with Gasteiger partial charge in [0.05, 0.1) is 0 Å². The van der Waals surface area contributed by atoms with Gasteiger partial charge in [-0.1, -0.05) is 0 Å². The van der Waals surface area contributed by atoms with Crippen LogP contribution in [0.25, 0.3) is 0 Å². The van der Waals surface area contributed by atoms with Crippen LogP contribution in [0.5, 0.6) is 0 Å². The molecule has 2 unspecified atom stereocenters. The van der Waals surface area contributed by atoms with E-state index in [0.717, 1.165) is 12.0 Å². The molecule has 0 radical (unpaired) electrons. The third-order valence-corrected chi connectivity index (χ3v) is 2.49. The van der Waals surface area contributed by atoms with E-state index in [0.29, 0.717) is 0 Å². The molecule has 0 aromatic rings. The fourth-order valence-electron chi connectivity index (χ4n) is 1.74. The van der Waals surface area contributed by atoms with E-state index in [4.69, 9.17) is 0 Å². The summed E-state index contributed by atoms with van der Waals surface area (Å²) < 4.78 is 0. The quantitative estimate of drug-likeness (QED) is 0.476. The Labute approximate surface area is 56.0 Å². The third kappa shape index (κ3) is 0.970. The maximum absolute atomic E-state index is 3.45. The lowest BCUT2D eigenvalue weighted by Gasteiger charge is -2.36. The SMILES string of the molecule is C1CNCC2CNC2C1. The Kier molecular flexibility index (Phi) is 1.44. The van der Waals surface area contributed by atoms with Crippen molar-refractivity contribution in [3.8, 4) is 0 Å². The Morgan fingerprint density at radius 1 is 1.22 bits per heavy atom. The van der Waals surface area contributed by atoms with E-state index < -0.39 is 0 Å². The van der Waals surface area contributed by atoms with Crippen molar-refractivity contribution in [2.45, 2.75) is 18.9 Å². The predicted molar refractivity (Wildman–Crippen MR) is 37.4 cm³/mol. The molecule has 0 bridgehead atoms. The van der Waals surface area contributed by atoms with Crippen LogP contribution in [0.3, 0.4) is 0 Å². The molecule has 52 valence electrons. The molecule has 0 aromatic heterocycles.